The van der Waals surface area contributed by atoms with Crippen LogP contribution in [0.15, 0.2) is 0 Å². The molecule has 2 fully saturated rings. The molecule has 0 amide bonds. The maximum absolute atomic E-state index is 12.5. The van der Waals surface area contributed by atoms with Crippen LogP contribution in [0, 0.1) is 0 Å². The third kappa shape index (κ3) is 104. The van der Waals surface area contributed by atoms with E-state index in [-0.39, 0.29) is 62.2 Å². The Balaban J connectivity index is -0.00000166. The summed E-state index contributed by atoms with van der Waals surface area (Å²) < 4.78 is 34.0. The molecule has 0 radical (unpaired) electrons. The molecule has 1 saturated heterocycles. The van der Waals surface area contributed by atoms with Gasteiger partial charge in [0.05, 0.1) is 6.61 Å². The molecule has 1 aliphatic heterocycles. The van der Waals surface area contributed by atoms with E-state index >= 15 is 0 Å². The zero-order valence-electron chi connectivity index (χ0n) is 75.9. The fraction of sp³-hybridized carbons (Fsp3) is 0.918. The van der Waals surface area contributed by atoms with Crippen LogP contribution in [0.1, 0.15) is 522 Å². The second-order valence-electron chi connectivity index (χ2n) is 33.4. The number of carbonyl (C=O) groups is 8. The highest BCUT2D eigenvalue weighted by molar-refractivity contribution is 14.1. The summed E-state index contributed by atoms with van der Waals surface area (Å²) in [5.74, 6) is -1.64. The molecule has 1 heterocycles. The molecule has 0 spiro atoms. The highest BCUT2D eigenvalue weighted by Gasteiger charge is 2.20. The molecular formula is C98H184I2O16. The number of unbranched alkanes of at least 4 members (excludes halogenated alkanes) is 54. The summed E-state index contributed by atoms with van der Waals surface area (Å²) in [6.07, 6.45) is 86.2. The molecule has 16 nitrogen and oxygen atoms in total. The lowest BCUT2D eigenvalue weighted by atomic mass is 10.0. The van der Waals surface area contributed by atoms with Gasteiger partial charge < -0.3 is 38.6 Å². The number of hydrogen-bond donors (Lipinski definition) is 2. The third-order valence-corrected chi connectivity index (χ3v) is 23.2. The average Bonchev–Trinajstić information content (AvgIpc) is 1.06. The normalized spacial score (nSPS) is 12.8. The summed E-state index contributed by atoms with van der Waals surface area (Å²) in [6.45, 7) is 9.33. The quantitative estimate of drug-likeness (QED) is 0.0144. The van der Waals surface area contributed by atoms with Crippen molar-refractivity contribution in [3.63, 3.8) is 0 Å². The van der Waals surface area contributed by atoms with Crippen molar-refractivity contribution in [3.8, 4) is 0 Å². The van der Waals surface area contributed by atoms with Crippen molar-refractivity contribution in [2.24, 2.45) is 0 Å². The Morgan fingerprint density at radius 1 is 0.293 bits per heavy atom. The van der Waals surface area contributed by atoms with Crippen molar-refractivity contribution >= 4 is 92.8 Å². The minimum Gasteiger partial charge on any atom is -0.481 e. The number of carboxylic acids is 1. The van der Waals surface area contributed by atoms with E-state index in [2.05, 4.69) is 72.9 Å². The maximum atomic E-state index is 12.5. The molecule has 2 aliphatic rings. The van der Waals surface area contributed by atoms with E-state index in [1.54, 1.807) is 0 Å². The van der Waals surface area contributed by atoms with E-state index in [0.29, 0.717) is 57.3 Å². The number of aliphatic carboxylic acids is 1. The topological polar surface area (TPSA) is 232 Å². The van der Waals surface area contributed by atoms with Gasteiger partial charge in [-0.25, -0.2) is 0 Å². The number of aliphatic hydroxyl groups is 1. The summed E-state index contributed by atoms with van der Waals surface area (Å²) in [7, 11) is 0. The van der Waals surface area contributed by atoms with Crippen LogP contribution in [-0.4, -0.2) is 112 Å². The molecule has 2 N–H and O–H groups in total. The summed E-state index contributed by atoms with van der Waals surface area (Å²) in [5, 5.41) is 18.2. The predicted molar refractivity (Wildman–Crippen MR) is 499 cm³/mol. The first kappa shape index (κ1) is 118. The summed E-state index contributed by atoms with van der Waals surface area (Å²) in [5.41, 5.74) is 0. The van der Waals surface area contributed by atoms with Crippen LogP contribution in [0.25, 0.3) is 0 Å². The molecule has 0 bridgehead atoms. The van der Waals surface area contributed by atoms with Gasteiger partial charge in [-0.05, 0) is 85.9 Å². The fourth-order valence-corrected chi connectivity index (χ4v) is 15.2. The van der Waals surface area contributed by atoms with E-state index < -0.39 is 18.2 Å². The van der Waals surface area contributed by atoms with Crippen LogP contribution in [0.4, 0.5) is 0 Å². The molecule has 116 heavy (non-hydrogen) atoms. The first-order valence-corrected chi connectivity index (χ1v) is 52.2. The van der Waals surface area contributed by atoms with Crippen molar-refractivity contribution in [2.75, 3.05) is 41.9 Å². The zero-order valence-corrected chi connectivity index (χ0v) is 80.2. The SMILES string of the molecule is CCCCCCCCCCCCCCCC(=O)OCC(COC(=O)CCCCCCCCCCCCCCC)OC(=O)CCCCCCI.CCCCCCCCCCCCCCCC(=O)OCC(O)COC(=O)CCCCCCCCCCCCCCC.O=C(O)CCCCCCI.O=C1CCCCCC1.O=C1CCCCCCO1. The molecule has 1 aliphatic carbocycles. The standard InChI is InChI=1S/C42H79IO6.C35H68O5.C7H13IO2.C7H12O2.C7H12O/c1-3-5-7-9-11-13-15-17-19-21-23-25-29-33-40(44)47-37-39(49-42(46)35-31-27-28-32-36-43)38-48-41(45)34-30-26-24-22-20-18-16-14-12-10-8-6-4-2;1-3-5-7-9-11-13-15-17-19-21-23-25-27-29-34(37)39-31-33(36)32-40-35(38)30-28-26-24-22-20-18-16-14-12-10-8-6-4-2;8-6-4-2-1-3-5-7(9)10;8-7-5-3-1-2-4-6-9-7;8-7-5-3-1-2-4-6-7/h39H,3-38H2,1-2H3;33,36H,3-32H2,1-2H3;1-6H2,(H,9,10);1-6H2;1-6H2. The van der Waals surface area contributed by atoms with Crippen molar-refractivity contribution < 1.29 is 77.0 Å². The van der Waals surface area contributed by atoms with E-state index in [9.17, 15) is 43.5 Å². The van der Waals surface area contributed by atoms with Crippen LogP contribution in [0.5, 0.6) is 0 Å². The number of rotatable bonds is 77. The summed E-state index contributed by atoms with van der Waals surface area (Å²) >= 11 is 4.70. The van der Waals surface area contributed by atoms with Crippen molar-refractivity contribution in [1.29, 1.82) is 0 Å². The molecule has 1 saturated carbocycles. The number of ketones is 1. The molecule has 0 unspecified atom stereocenters. The first-order valence-electron chi connectivity index (χ1n) is 49.2. The molecule has 2 rings (SSSR count). The Morgan fingerprint density at radius 3 is 0.784 bits per heavy atom. The number of carboxylic acid groups (broad SMARTS) is 1. The van der Waals surface area contributed by atoms with Crippen LogP contribution in [0.3, 0.4) is 0 Å². The smallest absolute Gasteiger partial charge is 0.306 e. The largest absolute Gasteiger partial charge is 0.481 e. The van der Waals surface area contributed by atoms with E-state index in [1.165, 1.54) is 313 Å². The molecule has 686 valence electrons. The van der Waals surface area contributed by atoms with E-state index in [4.69, 9.17) is 33.5 Å². The second-order valence-corrected chi connectivity index (χ2v) is 35.6. The van der Waals surface area contributed by atoms with Gasteiger partial charge in [-0.15, -0.1) is 0 Å². The van der Waals surface area contributed by atoms with Crippen LogP contribution < -0.4 is 0 Å². The van der Waals surface area contributed by atoms with E-state index in [1.807, 2.05) is 0 Å². The van der Waals surface area contributed by atoms with Gasteiger partial charge in [0.15, 0.2) is 6.10 Å². The highest BCUT2D eigenvalue weighted by Crippen LogP contribution is 2.20. The Kier molecular flexibility index (Phi) is 103. The van der Waals surface area contributed by atoms with Gasteiger partial charge in [0.25, 0.3) is 0 Å². The minimum atomic E-state index is -0.953. The van der Waals surface area contributed by atoms with Crippen molar-refractivity contribution in [1.82, 2.24) is 0 Å². The van der Waals surface area contributed by atoms with Crippen molar-refractivity contribution in [3.05, 3.63) is 0 Å². The van der Waals surface area contributed by atoms with Crippen LogP contribution in [0.2, 0.25) is 0 Å². The molecule has 0 atom stereocenters. The number of halogens is 2. The number of aliphatic hydroxyl groups excluding tert-OH is 1. The molecule has 0 aromatic heterocycles. The molecule has 18 heteroatoms. The lowest BCUT2D eigenvalue weighted by Gasteiger charge is -2.18. The maximum Gasteiger partial charge on any atom is 0.306 e. The number of carbonyl (C=O) groups excluding carboxylic acids is 7. The number of Topliss-reactive ketones (excluding diaryl/α,β-unsaturated/α-hetero) is 1. The molecule has 0 aromatic carbocycles. The Labute approximate surface area is 740 Å². The fourth-order valence-electron chi connectivity index (χ4n) is 14.1. The number of cyclic esters (lactones) is 1. The predicted octanol–water partition coefficient (Wildman–Crippen LogP) is 29.6. The van der Waals surface area contributed by atoms with Gasteiger partial charge in [0, 0.05) is 57.8 Å². The van der Waals surface area contributed by atoms with E-state index in [0.717, 1.165) is 146 Å². The van der Waals surface area contributed by atoms with Gasteiger partial charge in [-0.1, -0.05) is 432 Å². The second kappa shape index (κ2) is 101. The number of hydrogen-bond acceptors (Lipinski definition) is 15. The molecule has 0 aromatic rings. The van der Waals surface area contributed by atoms with Crippen LogP contribution in [-0.2, 0) is 66.8 Å². The lowest BCUT2D eigenvalue weighted by molar-refractivity contribution is -0.167. The highest BCUT2D eigenvalue weighted by atomic mass is 127. The first-order chi connectivity index (χ1) is 56.7. The van der Waals surface area contributed by atoms with Gasteiger partial charge in [0.2, 0.25) is 0 Å². The number of ether oxygens (including phenoxy) is 6. The Hall–Kier alpha value is -2.62. The Bertz CT molecular complexity index is 2000. The van der Waals surface area contributed by atoms with Gasteiger partial charge in [-0.2, -0.15) is 0 Å². The monoisotopic (exact) mass is 1870 g/mol. The summed E-state index contributed by atoms with van der Waals surface area (Å²) in [6, 6.07) is 0. The third-order valence-electron chi connectivity index (χ3n) is 21.7. The zero-order chi connectivity index (χ0) is 85.4. The average molecular weight is 1870 g/mol. The lowest BCUT2D eigenvalue weighted by Crippen LogP contribution is -2.30. The van der Waals surface area contributed by atoms with Gasteiger partial charge >= 0.3 is 41.8 Å². The van der Waals surface area contributed by atoms with Crippen LogP contribution >= 0.6 is 45.2 Å². The van der Waals surface area contributed by atoms with Crippen molar-refractivity contribution in [2.45, 2.75) is 534 Å². The number of alkyl halides is 2. The van der Waals surface area contributed by atoms with Gasteiger partial charge in [-0.3, -0.25) is 38.4 Å². The Morgan fingerprint density at radius 2 is 0.517 bits per heavy atom. The number of esters is 6. The van der Waals surface area contributed by atoms with Gasteiger partial charge in [0.1, 0.15) is 38.3 Å². The minimum absolute atomic E-state index is 0.0188. The summed E-state index contributed by atoms with van der Waals surface area (Å²) in [4.78, 5) is 92.5. The molecular weight excluding hydrogens is 1690 g/mol.